The van der Waals surface area contributed by atoms with Crippen LogP contribution in [0.1, 0.15) is 39.5 Å². The summed E-state index contributed by atoms with van der Waals surface area (Å²) in [5.74, 6) is -1.09. The first kappa shape index (κ1) is 15.5. The highest BCUT2D eigenvalue weighted by molar-refractivity contribution is 5.91. The average molecular weight is 307 g/mol. The number of ether oxygens (including phenoxy) is 2. The highest BCUT2D eigenvalue weighted by Gasteiger charge is 2.67. The van der Waals surface area contributed by atoms with Crippen molar-refractivity contribution in [2.75, 3.05) is 19.7 Å². The van der Waals surface area contributed by atoms with E-state index >= 15 is 0 Å². The van der Waals surface area contributed by atoms with E-state index in [4.69, 9.17) is 9.47 Å². The average Bonchev–Trinajstić information content (AvgIpc) is 3.14. The number of hydrogen-bond acceptors (Lipinski definition) is 4. The van der Waals surface area contributed by atoms with E-state index in [0.29, 0.717) is 13.2 Å². The quantitative estimate of drug-likeness (QED) is 0.409. The van der Waals surface area contributed by atoms with Crippen LogP contribution in [0.3, 0.4) is 0 Å². The Hall–Kier alpha value is -1.36. The van der Waals surface area contributed by atoms with Crippen LogP contribution in [0.15, 0.2) is 12.2 Å². The number of amides is 1. The maximum Gasteiger partial charge on any atom is 0.312 e. The Labute approximate surface area is 131 Å². The van der Waals surface area contributed by atoms with Gasteiger partial charge in [0.2, 0.25) is 5.91 Å². The van der Waals surface area contributed by atoms with Crippen molar-refractivity contribution in [2.24, 2.45) is 11.8 Å². The van der Waals surface area contributed by atoms with Crippen molar-refractivity contribution < 1.29 is 19.1 Å². The highest BCUT2D eigenvalue weighted by Crippen LogP contribution is 2.52. The summed E-state index contributed by atoms with van der Waals surface area (Å²) >= 11 is 0. The van der Waals surface area contributed by atoms with E-state index in [-0.39, 0.29) is 18.0 Å². The van der Waals surface area contributed by atoms with Gasteiger partial charge in [-0.3, -0.25) is 9.59 Å². The first-order valence-electron chi connectivity index (χ1n) is 8.45. The predicted molar refractivity (Wildman–Crippen MR) is 81.1 cm³/mol. The van der Waals surface area contributed by atoms with Gasteiger partial charge in [-0.05, 0) is 12.8 Å². The second-order valence-corrected chi connectivity index (χ2v) is 6.53. The van der Waals surface area contributed by atoms with Crippen LogP contribution in [0.5, 0.6) is 0 Å². The van der Waals surface area contributed by atoms with E-state index < -0.39 is 17.4 Å². The SMILES string of the molecule is CCCCOC(=O)[C@@H]1[C@@H]2C=C[C@@]3(CN(CCCC)C(=O)[C@@H]13)O2. The Morgan fingerprint density at radius 2 is 2.18 bits per heavy atom. The molecule has 3 aliphatic rings. The molecule has 0 saturated carbocycles. The Morgan fingerprint density at radius 3 is 2.91 bits per heavy atom. The molecule has 2 bridgehead atoms. The summed E-state index contributed by atoms with van der Waals surface area (Å²) in [6.45, 7) is 5.90. The third-order valence-electron chi connectivity index (χ3n) is 4.97. The number of fused-ring (bicyclic) bond motifs is 1. The third kappa shape index (κ3) is 2.35. The van der Waals surface area contributed by atoms with Gasteiger partial charge in [0.25, 0.3) is 0 Å². The summed E-state index contributed by atoms with van der Waals surface area (Å²) in [4.78, 5) is 27.0. The summed E-state index contributed by atoms with van der Waals surface area (Å²) in [5.41, 5.74) is -0.593. The predicted octanol–water partition coefficient (Wildman–Crippen LogP) is 1.91. The maximum atomic E-state index is 12.7. The van der Waals surface area contributed by atoms with Gasteiger partial charge in [0.05, 0.1) is 25.2 Å². The van der Waals surface area contributed by atoms with Gasteiger partial charge in [-0.1, -0.05) is 38.8 Å². The highest BCUT2D eigenvalue weighted by atomic mass is 16.6. The van der Waals surface area contributed by atoms with Crippen LogP contribution in [-0.2, 0) is 19.1 Å². The Balaban J connectivity index is 1.73. The molecular formula is C17H25NO4. The number of nitrogens with zero attached hydrogens (tertiary/aromatic N) is 1. The molecule has 1 amide bonds. The van der Waals surface area contributed by atoms with Crippen LogP contribution in [0, 0.1) is 11.8 Å². The van der Waals surface area contributed by atoms with Crippen LogP contribution in [-0.4, -0.2) is 48.2 Å². The number of likely N-dealkylation sites (tertiary alicyclic amines) is 1. The molecule has 0 radical (unpaired) electrons. The Morgan fingerprint density at radius 1 is 1.41 bits per heavy atom. The first-order valence-corrected chi connectivity index (χ1v) is 8.45. The van der Waals surface area contributed by atoms with Crippen molar-refractivity contribution in [1.29, 1.82) is 0 Å². The molecule has 0 aromatic carbocycles. The number of unbranched alkanes of at least 4 members (excludes halogenated alkanes) is 2. The minimum atomic E-state index is -0.593. The molecule has 0 aliphatic carbocycles. The summed E-state index contributed by atoms with van der Waals surface area (Å²) in [5, 5.41) is 0. The van der Waals surface area contributed by atoms with Crippen LogP contribution < -0.4 is 0 Å². The van der Waals surface area contributed by atoms with Gasteiger partial charge in [0, 0.05) is 6.54 Å². The molecule has 0 unspecified atom stereocenters. The Bertz CT molecular complexity index is 489. The van der Waals surface area contributed by atoms with Gasteiger partial charge in [0.15, 0.2) is 0 Å². The molecule has 0 N–H and O–H groups in total. The molecule has 1 spiro atoms. The molecule has 22 heavy (non-hydrogen) atoms. The van der Waals surface area contributed by atoms with Crippen molar-refractivity contribution >= 4 is 11.9 Å². The number of esters is 1. The molecule has 3 rings (SSSR count). The van der Waals surface area contributed by atoms with Crippen molar-refractivity contribution in [1.82, 2.24) is 4.90 Å². The molecule has 3 heterocycles. The van der Waals surface area contributed by atoms with E-state index in [1.54, 1.807) is 0 Å². The van der Waals surface area contributed by atoms with Gasteiger partial charge in [-0.2, -0.15) is 0 Å². The van der Waals surface area contributed by atoms with E-state index in [9.17, 15) is 9.59 Å². The lowest BCUT2D eigenvalue weighted by molar-refractivity contribution is -0.153. The zero-order valence-electron chi connectivity index (χ0n) is 13.4. The zero-order valence-corrected chi connectivity index (χ0v) is 13.4. The minimum absolute atomic E-state index is 0.0535. The molecule has 5 nitrogen and oxygen atoms in total. The van der Waals surface area contributed by atoms with Gasteiger partial charge in [-0.25, -0.2) is 0 Å². The lowest BCUT2D eigenvalue weighted by Gasteiger charge is -2.22. The zero-order chi connectivity index (χ0) is 15.7. The smallest absolute Gasteiger partial charge is 0.312 e. The molecule has 3 aliphatic heterocycles. The molecule has 2 fully saturated rings. The first-order chi connectivity index (χ1) is 10.6. The lowest BCUT2D eigenvalue weighted by atomic mass is 9.77. The molecule has 0 aromatic rings. The molecule has 2 saturated heterocycles. The third-order valence-corrected chi connectivity index (χ3v) is 4.97. The normalized spacial score (nSPS) is 35.3. The maximum absolute atomic E-state index is 12.7. The fraction of sp³-hybridized carbons (Fsp3) is 0.765. The van der Waals surface area contributed by atoms with E-state index in [2.05, 4.69) is 13.8 Å². The van der Waals surface area contributed by atoms with Crippen molar-refractivity contribution in [2.45, 2.75) is 51.2 Å². The van der Waals surface area contributed by atoms with Crippen LogP contribution in [0.4, 0.5) is 0 Å². The van der Waals surface area contributed by atoms with Gasteiger partial charge >= 0.3 is 5.97 Å². The number of rotatable bonds is 7. The van der Waals surface area contributed by atoms with E-state index in [0.717, 1.165) is 32.2 Å². The van der Waals surface area contributed by atoms with E-state index in [1.165, 1.54) is 0 Å². The largest absolute Gasteiger partial charge is 0.465 e. The van der Waals surface area contributed by atoms with Crippen molar-refractivity contribution in [3.8, 4) is 0 Å². The fourth-order valence-electron chi connectivity index (χ4n) is 3.80. The van der Waals surface area contributed by atoms with Crippen LogP contribution in [0.2, 0.25) is 0 Å². The second kappa shape index (κ2) is 6.03. The standard InChI is InChI=1S/C17H25NO4/c1-3-5-9-18-11-17-8-7-12(22-17)13(14(17)15(18)19)16(20)21-10-6-4-2/h7-8,12-14H,3-6,9-11H2,1-2H3/t12-,13+,14+,17-/m0/s1. The monoisotopic (exact) mass is 307 g/mol. The molecule has 0 aromatic heterocycles. The van der Waals surface area contributed by atoms with Crippen LogP contribution in [0.25, 0.3) is 0 Å². The summed E-state index contributed by atoms with van der Waals surface area (Å²) in [7, 11) is 0. The minimum Gasteiger partial charge on any atom is -0.465 e. The number of carbonyl (C=O) groups is 2. The Kier molecular flexibility index (Phi) is 4.26. The van der Waals surface area contributed by atoms with Crippen molar-refractivity contribution in [3.63, 3.8) is 0 Å². The topological polar surface area (TPSA) is 55.8 Å². The molecule has 122 valence electrons. The number of hydrogen-bond donors (Lipinski definition) is 0. The summed E-state index contributed by atoms with van der Waals surface area (Å²) in [6.07, 6.45) is 7.48. The van der Waals surface area contributed by atoms with E-state index in [1.807, 2.05) is 17.1 Å². The summed E-state index contributed by atoms with van der Waals surface area (Å²) in [6, 6.07) is 0. The molecule has 5 heteroatoms. The fourth-order valence-corrected chi connectivity index (χ4v) is 3.80. The van der Waals surface area contributed by atoms with Crippen molar-refractivity contribution in [3.05, 3.63) is 12.2 Å². The van der Waals surface area contributed by atoms with Crippen LogP contribution >= 0.6 is 0 Å². The van der Waals surface area contributed by atoms with Gasteiger partial charge in [-0.15, -0.1) is 0 Å². The second-order valence-electron chi connectivity index (χ2n) is 6.53. The van der Waals surface area contributed by atoms with Gasteiger partial charge in [0.1, 0.15) is 11.5 Å². The van der Waals surface area contributed by atoms with Gasteiger partial charge < -0.3 is 14.4 Å². The lowest BCUT2D eigenvalue weighted by Crippen LogP contribution is -2.40. The molecular weight excluding hydrogens is 282 g/mol. The summed E-state index contributed by atoms with van der Waals surface area (Å²) < 4.78 is 11.4. The molecule has 4 atom stereocenters. The number of carbonyl (C=O) groups excluding carboxylic acids is 2.